The first-order chi connectivity index (χ1) is 6.70. The van der Waals surface area contributed by atoms with Gasteiger partial charge >= 0.3 is 5.97 Å². The van der Waals surface area contributed by atoms with Crippen LogP contribution in [0.2, 0.25) is 0 Å². The maximum Gasteiger partial charge on any atom is 0.331 e. The molecule has 0 rings (SSSR count). The largest absolute Gasteiger partial charge is 0.331 e. The zero-order valence-corrected chi connectivity index (χ0v) is 9.51. The predicted octanol–water partition coefficient (Wildman–Crippen LogP) is 3.29. The normalized spacial score (nSPS) is 11.5. The van der Waals surface area contributed by atoms with Crippen LogP contribution in [0, 0.1) is 0 Å². The molecular formula is C11H21NO2. The van der Waals surface area contributed by atoms with E-state index in [9.17, 15) is 4.79 Å². The lowest BCUT2D eigenvalue weighted by Gasteiger charge is -2.02. The topological polar surface area (TPSA) is 38.7 Å². The van der Waals surface area contributed by atoms with Crippen molar-refractivity contribution in [2.24, 2.45) is 5.16 Å². The maximum absolute atomic E-state index is 10.5. The van der Waals surface area contributed by atoms with Crippen molar-refractivity contribution in [3.8, 4) is 0 Å². The van der Waals surface area contributed by atoms with Gasteiger partial charge in [-0.15, -0.1) is 0 Å². The summed E-state index contributed by atoms with van der Waals surface area (Å²) < 4.78 is 0. The van der Waals surface area contributed by atoms with Crippen LogP contribution in [0.3, 0.4) is 0 Å². The first-order valence-corrected chi connectivity index (χ1v) is 5.44. The summed E-state index contributed by atoms with van der Waals surface area (Å²) in [7, 11) is 0. The van der Waals surface area contributed by atoms with Gasteiger partial charge in [0.05, 0.1) is 5.71 Å². The zero-order valence-electron chi connectivity index (χ0n) is 9.51. The fourth-order valence-electron chi connectivity index (χ4n) is 1.17. The molecule has 0 heterocycles. The lowest BCUT2D eigenvalue weighted by molar-refractivity contribution is -0.140. The summed E-state index contributed by atoms with van der Waals surface area (Å²) in [6, 6.07) is 0. The Morgan fingerprint density at radius 2 is 1.93 bits per heavy atom. The van der Waals surface area contributed by atoms with Gasteiger partial charge in [0.15, 0.2) is 0 Å². The molecule has 0 radical (unpaired) electrons. The molecule has 0 atom stereocenters. The first-order valence-electron chi connectivity index (χ1n) is 5.44. The van der Waals surface area contributed by atoms with Crippen molar-refractivity contribution in [3.63, 3.8) is 0 Å². The molecule has 14 heavy (non-hydrogen) atoms. The molecule has 0 bridgehead atoms. The lowest BCUT2D eigenvalue weighted by atomic mass is 10.1. The molecule has 0 fully saturated rings. The van der Waals surface area contributed by atoms with Crippen molar-refractivity contribution in [1.82, 2.24) is 0 Å². The third kappa shape index (κ3) is 7.77. The van der Waals surface area contributed by atoms with Crippen molar-refractivity contribution >= 4 is 11.7 Å². The van der Waals surface area contributed by atoms with E-state index in [1.165, 1.54) is 26.2 Å². The highest BCUT2D eigenvalue weighted by molar-refractivity contribution is 5.84. The van der Waals surface area contributed by atoms with Crippen molar-refractivity contribution in [2.45, 2.75) is 59.3 Å². The van der Waals surface area contributed by atoms with Crippen LogP contribution in [0.1, 0.15) is 59.3 Å². The van der Waals surface area contributed by atoms with Gasteiger partial charge in [-0.3, -0.25) is 0 Å². The molecule has 3 heteroatoms. The van der Waals surface area contributed by atoms with E-state index in [0.29, 0.717) is 0 Å². The molecule has 0 aromatic carbocycles. The Hall–Kier alpha value is -0.860. The predicted molar refractivity (Wildman–Crippen MR) is 58.3 cm³/mol. The Bertz CT molecular complexity index is 188. The van der Waals surface area contributed by atoms with Crippen molar-refractivity contribution in [3.05, 3.63) is 0 Å². The molecular weight excluding hydrogens is 178 g/mol. The number of hydrogen-bond donors (Lipinski definition) is 0. The smallest absolute Gasteiger partial charge is 0.319 e. The van der Waals surface area contributed by atoms with Gasteiger partial charge in [-0.25, -0.2) is 4.79 Å². The number of unbranched alkanes of at least 4 members (excludes halogenated alkanes) is 3. The average Bonchev–Trinajstić information content (AvgIpc) is 2.16. The van der Waals surface area contributed by atoms with Crippen LogP contribution in [0.25, 0.3) is 0 Å². The quantitative estimate of drug-likeness (QED) is 0.273. The highest BCUT2D eigenvalue weighted by Gasteiger charge is 1.98. The van der Waals surface area contributed by atoms with Crippen LogP contribution in [0.5, 0.6) is 0 Å². The van der Waals surface area contributed by atoms with Crippen molar-refractivity contribution in [2.75, 3.05) is 0 Å². The molecule has 0 aliphatic heterocycles. The molecule has 0 unspecified atom stereocenters. The highest BCUT2D eigenvalue weighted by atomic mass is 16.7. The van der Waals surface area contributed by atoms with Gasteiger partial charge in [-0.1, -0.05) is 38.3 Å². The SMILES string of the molecule is CCCCCCC(CC)=NOC(C)=O. The monoisotopic (exact) mass is 199 g/mol. The lowest BCUT2D eigenvalue weighted by Crippen LogP contribution is -2.00. The number of oxime groups is 1. The standard InChI is InChI=1S/C11H21NO2/c1-4-6-7-8-9-11(5-2)12-14-10(3)13/h4-9H2,1-3H3. The summed E-state index contributed by atoms with van der Waals surface area (Å²) >= 11 is 0. The molecule has 0 saturated heterocycles. The van der Waals surface area contributed by atoms with E-state index in [2.05, 4.69) is 16.9 Å². The van der Waals surface area contributed by atoms with Crippen LogP contribution in [0.4, 0.5) is 0 Å². The first kappa shape index (κ1) is 13.1. The number of nitrogens with zero attached hydrogens (tertiary/aromatic N) is 1. The van der Waals surface area contributed by atoms with Crippen LogP contribution in [0.15, 0.2) is 5.16 Å². The van der Waals surface area contributed by atoms with Gasteiger partial charge in [-0.2, -0.15) is 0 Å². The summed E-state index contributed by atoms with van der Waals surface area (Å²) in [5.41, 5.74) is 0.983. The Labute approximate surface area is 86.5 Å². The molecule has 0 N–H and O–H groups in total. The van der Waals surface area contributed by atoms with Gasteiger partial charge in [0.25, 0.3) is 0 Å². The zero-order chi connectivity index (χ0) is 10.8. The van der Waals surface area contributed by atoms with E-state index in [4.69, 9.17) is 0 Å². The van der Waals surface area contributed by atoms with Crippen molar-refractivity contribution in [1.29, 1.82) is 0 Å². The summed E-state index contributed by atoms with van der Waals surface area (Å²) in [5.74, 6) is -0.343. The highest BCUT2D eigenvalue weighted by Crippen LogP contribution is 2.05. The second kappa shape index (κ2) is 8.73. The van der Waals surface area contributed by atoms with Gasteiger partial charge in [0.1, 0.15) is 0 Å². The summed E-state index contributed by atoms with van der Waals surface area (Å²) in [6.07, 6.45) is 6.69. The van der Waals surface area contributed by atoms with Gasteiger partial charge in [0.2, 0.25) is 0 Å². The van der Waals surface area contributed by atoms with Crippen LogP contribution in [-0.4, -0.2) is 11.7 Å². The number of hydrogen-bond acceptors (Lipinski definition) is 3. The Kier molecular flexibility index (Phi) is 8.19. The van der Waals surface area contributed by atoms with E-state index in [1.807, 2.05) is 6.92 Å². The fraction of sp³-hybridized carbons (Fsp3) is 0.818. The molecule has 82 valence electrons. The third-order valence-corrected chi connectivity index (χ3v) is 2.03. The molecule has 0 saturated carbocycles. The Morgan fingerprint density at radius 3 is 2.43 bits per heavy atom. The average molecular weight is 199 g/mol. The van der Waals surface area contributed by atoms with Crippen LogP contribution in [-0.2, 0) is 9.63 Å². The second-order valence-electron chi connectivity index (χ2n) is 3.40. The minimum Gasteiger partial charge on any atom is -0.319 e. The van der Waals surface area contributed by atoms with Gasteiger partial charge in [0, 0.05) is 6.92 Å². The van der Waals surface area contributed by atoms with E-state index in [-0.39, 0.29) is 5.97 Å². The number of rotatable bonds is 7. The van der Waals surface area contributed by atoms with Crippen LogP contribution >= 0.6 is 0 Å². The molecule has 0 aromatic rings. The number of carbonyl (C=O) groups is 1. The Morgan fingerprint density at radius 1 is 1.21 bits per heavy atom. The van der Waals surface area contributed by atoms with Gasteiger partial charge in [-0.05, 0) is 19.3 Å². The second-order valence-corrected chi connectivity index (χ2v) is 3.40. The summed E-state index contributed by atoms with van der Waals surface area (Å²) in [4.78, 5) is 15.1. The molecule has 0 aliphatic carbocycles. The van der Waals surface area contributed by atoms with E-state index >= 15 is 0 Å². The minimum atomic E-state index is -0.343. The number of carbonyl (C=O) groups excluding carboxylic acids is 1. The van der Waals surface area contributed by atoms with E-state index in [0.717, 1.165) is 25.0 Å². The molecule has 0 aromatic heterocycles. The Balaban J connectivity index is 3.67. The van der Waals surface area contributed by atoms with Crippen molar-refractivity contribution < 1.29 is 9.63 Å². The summed E-state index contributed by atoms with van der Waals surface area (Å²) in [5, 5.41) is 3.81. The van der Waals surface area contributed by atoms with Crippen LogP contribution < -0.4 is 0 Å². The van der Waals surface area contributed by atoms with E-state index in [1.54, 1.807) is 0 Å². The van der Waals surface area contributed by atoms with Gasteiger partial charge < -0.3 is 4.84 Å². The molecule has 0 spiro atoms. The maximum atomic E-state index is 10.5. The summed E-state index contributed by atoms with van der Waals surface area (Å²) in [6.45, 7) is 5.59. The van der Waals surface area contributed by atoms with E-state index < -0.39 is 0 Å². The third-order valence-electron chi connectivity index (χ3n) is 2.03. The molecule has 0 aliphatic rings. The fourth-order valence-corrected chi connectivity index (χ4v) is 1.17. The minimum absolute atomic E-state index is 0.343. The molecule has 3 nitrogen and oxygen atoms in total. The molecule has 0 amide bonds.